The van der Waals surface area contributed by atoms with Crippen molar-refractivity contribution in [2.75, 3.05) is 5.73 Å². The smallest absolute Gasteiger partial charge is 0.251 e. The predicted octanol–water partition coefficient (Wildman–Crippen LogP) is 4.05. The molecule has 0 bridgehead atoms. The van der Waals surface area contributed by atoms with Gasteiger partial charge in [0.05, 0.1) is 6.04 Å². The van der Waals surface area contributed by atoms with Crippen molar-refractivity contribution in [2.24, 2.45) is 11.8 Å². The van der Waals surface area contributed by atoms with Crippen LogP contribution in [-0.4, -0.2) is 5.91 Å². The van der Waals surface area contributed by atoms with Crippen molar-refractivity contribution in [2.45, 2.75) is 19.4 Å². The summed E-state index contributed by atoms with van der Waals surface area (Å²) in [6, 6.07) is 14.8. The van der Waals surface area contributed by atoms with Gasteiger partial charge in [0, 0.05) is 16.3 Å². The normalized spacial score (nSPS) is 21.2. The fourth-order valence-corrected chi connectivity index (χ4v) is 2.95. The molecule has 0 aromatic heterocycles. The zero-order chi connectivity index (χ0) is 15.7. The molecule has 0 heterocycles. The highest BCUT2D eigenvalue weighted by molar-refractivity contribution is 6.30. The molecule has 1 aliphatic rings. The fraction of sp³-hybridized carbons (Fsp3) is 0.278. The molecule has 3 unspecified atom stereocenters. The van der Waals surface area contributed by atoms with E-state index in [2.05, 4.69) is 12.2 Å². The van der Waals surface area contributed by atoms with Crippen LogP contribution in [-0.2, 0) is 0 Å². The van der Waals surface area contributed by atoms with Crippen LogP contribution >= 0.6 is 11.6 Å². The molecule has 2 aromatic carbocycles. The Kier molecular flexibility index (Phi) is 4.08. The molecule has 3 atom stereocenters. The number of benzene rings is 2. The quantitative estimate of drug-likeness (QED) is 0.836. The number of rotatable bonds is 4. The minimum absolute atomic E-state index is 0.0150. The van der Waals surface area contributed by atoms with E-state index in [0.717, 1.165) is 12.0 Å². The molecule has 0 aliphatic heterocycles. The molecule has 114 valence electrons. The SMILES string of the molecule is CC1CC1C(NC(=O)c1cccc(N)c1)c1ccc(Cl)cc1. The summed E-state index contributed by atoms with van der Waals surface area (Å²) < 4.78 is 0. The molecule has 1 saturated carbocycles. The molecule has 0 saturated heterocycles. The molecular formula is C18H19ClN2O. The average molecular weight is 315 g/mol. The third kappa shape index (κ3) is 3.25. The van der Waals surface area contributed by atoms with Gasteiger partial charge >= 0.3 is 0 Å². The fourth-order valence-electron chi connectivity index (χ4n) is 2.83. The number of carbonyl (C=O) groups is 1. The van der Waals surface area contributed by atoms with Gasteiger partial charge in [-0.2, -0.15) is 0 Å². The molecule has 3 nitrogen and oxygen atoms in total. The van der Waals surface area contributed by atoms with Crippen LogP contribution in [0.2, 0.25) is 5.02 Å². The van der Waals surface area contributed by atoms with E-state index in [9.17, 15) is 4.79 Å². The molecular weight excluding hydrogens is 296 g/mol. The average Bonchev–Trinajstić information content (AvgIpc) is 3.22. The highest BCUT2D eigenvalue weighted by Crippen LogP contribution is 2.47. The van der Waals surface area contributed by atoms with Gasteiger partial charge in [-0.05, 0) is 54.2 Å². The first-order valence-corrected chi connectivity index (χ1v) is 7.84. The first-order valence-electron chi connectivity index (χ1n) is 7.46. The van der Waals surface area contributed by atoms with E-state index in [4.69, 9.17) is 17.3 Å². The third-order valence-electron chi connectivity index (χ3n) is 4.26. The Hall–Kier alpha value is -2.00. The summed E-state index contributed by atoms with van der Waals surface area (Å²) in [7, 11) is 0. The lowest BCUT2D eigenvalue weighted by molar-refractivity contribution is 0.0930. The molecule has 0 spiro atoms. The summed E-state index contributed by atoms with van der Waals surface area (Å²) in [4.78, 5) is 12.5. The standard InChI is InChI=1S/C18H19ClN2O/c1-11-9-16(11)17(12-5-7-14(19)8-6-12)21-18(22)13-3-2-4-15(20)10-13/h2-8,10-11,16-17H,9,20H2,1H3,(H,21,22). The highest BCUT2D eigenvalue weighted by Gasteiger charge is 2.41. The number of hydrogen-bond donors (Lipinski definition) is 2. The largest absolute Gasteiger partial charge is 0.399 e. The number of nitrogens with one attached hydrogen (secondary N) is 1. The molecule has 2 aromatic rings. The second-order valence-corrected chi connectivity index (χ2v) is 6.44. The zero-order valence-electron chi connectivity index (χ0n) is 12.4. The lowest BCUT2D eigenvalue weighted by Crippen LogP contribution is -2.30. The van der Waals surface area contributed by atoms with E-state index < -0.39 is 0 Å². The summed E-state index contributed by atoms with van der Waals surface area (Å²) in [5.41, 5.74) is 8.03. The van der Waals surface area contributed by atoms with Crippen LogP contribution in [0.4, 0.5) is 5.69 Å². The first-order chi connectivity index (χ1) is 10.5. The third-order valence-corrected chi connectivity index (χ3v) is 4.52. The second kappa shape index (κ2) is 6.01. The van der Waals surface area contributed by atoms with Crippen LogP contribution in [0.25, 0.3) is 0 Å². The van der Waals surface area contributed by atoms with E-state index in [1.54, 1.807) is 24.3 Å². The van der Waals surface area contributed by atoms with Crippen molar-refractivity contribution >= 4 is 23.2 Å². The van der Waals surface area contributed by atoms with Gasteiger partial charge in [0.2, 0.25) is 0 Å². The van der Waals surface area contributed by atoms with Gasteiger partial charge in [0.1, 0.15) is 0 Å². The number of anilines is 1. The van der Waals surface area contributed by atoms with Crippen molar-refractivity contribution in [1.82, 2.24) is 5.32 Å². The van der Waals surface area contributed by atoms with E-state index in [0.29, 0.717) is 28.1 Å². The summed E-state index contributed by atoms with van der Waals surface area (Å²) in [6.07, 6.45) is 1.13. The number of hydrogen-bond acceptors (Lipinski definition) is 2. The second-order valence-electron chi connectivity index (χ2n) is 6.00. The van der Waals surface area contributed by atoms with Crippen molar-refractivity contribution in [3.8, 4) is 0 Å². The van der Waals surface area contributed by atoms with Gasteiger partial charge in [-0.1, -0.05) is 36.7 Å². The number of carbonyl (C=O) groups excluding carboxylic acids is 1. The van der Waals surface area contributed by atoms with Gasteiger partial charge < -0.3 is 11.1 Å². The number of nitrogen functional groups attached to an aromatic ring is 1. The van der Waals surface area contributed by atoms with Gasteiger partial charge in [-0.25, -0.2) is 0 Å². The van der Waals surface area contributed by atoms with Gasteiger partial charge in [0.15, 0.2) is 0 Å². The van der Waals surface area contributed by atoms with Gasteiger partial charge in [-0.15, -0.1) is 0 Å². The Bertz CT molecular complexity index is 684. The Balaban J connectivity index is 1.81. The Labute approximate surface area is 135 Å². The first kappa shape index (κ1) is 14.9. The lowest BCUT2D eigenvalue weighted by atomic mass is 10.0. The van der Waals surface area contributed by atoms with E-state index in [1.165, 1.54) is 0 Å². The summed E-state index contributed by atoms with van der Waals surface area (Å²) in [6.45, 7) is 2.21. The molecule has 1 aliphatic carbocycles. The Morgan fingerprint density at radius 3 is 2.55 bits per heavy atom. The van der Waals surface area contributed by atoms with Crippen molar-refractivity contribution in [1.29, 1.82) is 0 Å². The van der Waals surface area contributed by atoms with E-state index in [1.807, 2.05) is 24.3 Å². The molecule has 1 amide bonds. The molecule has 22 heavy (non-hydrogen) atoms. The Morgan fingerprint density at radius 2 is 1.95 bits per heavy atom. The van der Waals surface area contributed by atoms with E-state index in [-0.39, 0.29) is 11.9 Å². The zero-order valence-corrected chi connectivity index (χ0v) is 13.2. The van der Waals surface area contributed by atoms with Crippen LogP contribution in [0.3, 0.4) is 0 Å². The van der Waals surface area contributed by atoms with Crippen LogP contribution in [0.5, 0.6) is 0 Å². The molecule has 3 rings (SSSR count). The summed E-state index contributed by atoms with van der Waals surface area (Å²) in [5, 5.41) is 3.85. The van der Waals surface area contributed by atoms with Gasteiger partial charge in [-0.3, -0.25) is 4.79 Å². The van der Waals surface area contributed by atoms with Crippen molar-refractivity contribution < 1.29 is 4.79 Å². The van der Waals surface area contributed by atoms with Crippen LogP contribution in [0.1, 0.15) is 35.3 Å². The van der Waals surface area contributed by atoms with Crippen LogP contribution in [0, 0.1) is 11.8 Å². The minimum Gasteiger partial charge on any atom is -0.399 e. The predicted molar refractivity (Wildman–Crippen MR) is 89.8 cm³/mol. The number of nitrogens with two attached hydrogens (primary N) is 1. The lowest BCUT2D eigenvalue weighted by Gasteiger charge is -2.20. The molecule has 0 radical (unpaired) electrons. The summed E-state index contributed by atoms with van der Waals surface area (Å²) >= 11 is 5.96. The van der Waals surface area contributed by atoms with Crippen molar-refractivity contribution in [3.05, 3.63) is 64.7 Å². The van der Waals surface area contributed by atoms with Gasteiger partial charge in [0.25, 0.3) is 5.91 Å². The molecule has 3 N–H and O–H groups in total. The van der Waals surface area contributed by atoms with Crippen molar-refractivity contribution in [3.63, 3.8) is 0 Å². The molecule has 1 fully saturated rings. The van der Waals surface area contributed by atoms with Crippen LogP contribution in [0.15, 0.2) is 48.5 Å². The van der Waals surface area contributed by atoms with Crippen LogP contribution < -0.4 is 11.1 Å². The maximum Gasteiger partial charge on any atom is 0.251 e. The maximum absolute atomic E-state index is 12.5. The number of amides is 1. The monoisotopic (exact) mass is 314 g/mol. The summed E-state index contributed by atoms with van der Waals surface area (Å²) in [5.74, 6) is 1.01. The Morgan fingerprint density at radius 1 is 1.27 bits per heavy atom. The molecule has 4 heteroatoms. The number of halogens is 1. The van der Waals surface area contributed by atoms with E-state index >= 15 is 0 Å². The highest BCUT2D eigenvalue weighted by atomic mass is 35.5. The maximum atomic E-state index is 12.5. The topological polar surface area (TPSA) is 55.1 Å². The minimum atomic E-state index is -0.0913.